The number of methoxy groups -OCH3 is 1. The van der Waals surface area contributed by atoms with Gasteiger partial charge in [0.25, 0.3) is 0 Å². The van der Waals surface area contributed by atoms with Crippen LogP contribution in [0.4, 0.5) is 0 Å². The molecule has 0 aliphatic rings. The largest absolute Gasteiger partial charge is 0.496 e. The predicted octanol–water partition coefficient (Wildman–Crippen LogP) is 3.88. The van der Waals surface area contributed by atoms with Crippen LogP contribution < -0.4 is 4.74 Å². The van der Waals surface area contributed by atoms with Gasteiger partial charge >= 0.3 is 0 Å². The van der Waals surface area contributed by atoms with Gasteiger partial charge in [0.2, 0.25) is 0 Å². The first kappa shape index (κ1) is 14.6. The average Bonchev–Trinajstić information content (AvgIpc) is 2.37. The van der Waals surface area contributed by atoms with Gasteiger partial charge in [0.15, 0.2) is 0 Å². The molecular formula is C18H22O2. The number of hydrogen-bond acceptors (Lipinski definition) is 2. The quantitative estimate of drug-likeness (QED) is 0.917. The molecule has 106 valence electrons. The van der Waals surface area contributed by atoms with Crippen molar-refractivity contribution in [3.05, 3.63) is 64.2 Å². The standard InChI is InChI=1S/C18H22O2/c1-12-6-7-17(20-5)16(11-12)18(4,19)15-9-13(2)8-14(3)10-15/h6-11,19H,1-5H3. The smallest absolute Gasteiger partial charge is 0.125 e. The van der Waals surface area contributed by atoms with Gasteiger partial charge in [-0.25, -0.2) is 0 Å². The van der Waals surface area contributed by atoms with Gasteiger partial charge in [-0.3, -0.25) is 0 Å². The highest BCUT2D eigenvalue weighted by Gasteiger charge is 2.29. The van der Waals surface area contributed by atoms with Crippen LogP contribution in [-0.4, -0.2) is 12.2 Å². The summed E-state index contributed by atoms with van der Waals surface area (Å²) >= 11 is 0. The van der Waals surface area contributed by atoms with Gasteiger partial charge in [0.05, 0.1) is 7.11 Å². The first-order valence-electron chi connectivity index (χ1n) is 6.81. The lowest BCUT2D eigenvalue weighted by Gasteiger charge is -2.27. The molecule has 0 radical (unpaired) electrons. The van der Waals surface area contributed by atoms with E-state index in [4.69, 9.17) is 4.74 Å². The van der Waals surface area contributed by atoms with Crippen molar-refractivity contribution in [1.29, 1.82) is 0 Å². The molecule has 1 unspecified atom stereocenters. The van der Waals surface area contributed by atoms with Crippen LogP contribution in [0.15, 0.2) is 36.4 Å². The monoisotopic (exact) mass is 270 g/mol. The SMILES string of the molecule is COc1ccc(C)cc1C(C)(O)c1cc(C)cc(C)c1. The summed E-state index contributed by atoms with van der Waals surface area (Å²) < 4.78 is 5.41. The third-order valence-electron chi connectivity index (χ3n) is 3.66. The lowest BCUT2D eigenvalue weighted by molar-refractivity contribution is 0.0987. The second kappa shape index (κ2) is 5.29. The van der Waals surface area contributed by atoms with Crippen LogP contribution in [0.1, 0.15) is 34.7 Å². The zero-order valence-corrected chi connectivity index (χ0v) is 12.8. The van der Waals surface area contributed by atoms with Crippen LogP contribution in [0.25, 0.3) is 0 Å². The first-order chi connectivity index (χ1) is 9.34. The number of aryl methyl sites for hydroxylation is 3. The summed E-state index contributed by atoms with van der Waals surface area (Å²) in [5.74, 6) is 0.708. The van der Waals surface area contributed by atoms with E-state index in [0.29, 0.717) is 5.75 Å². The summed E-state index contributed by atoms with van der Waals surface area (Å²) in [6.07, 6.45) is 0. The molecule has 0 spiro atoms. The van der Waals surface area contributed by atoms with Crippen molar-refractivity contribution in [2.24, 2.45) is 0 Å². The van der Waals surface area contributed by atoms with Crippen LogP contribution in [0.5, 0.6) is 5.75 Å². The molecule has 0 aromatic heterocycles. The Balaban J connectivity index is 2.62. The van der Waals surface area contributed by atoms with E-state index >= 15 is 0 Å². The molecule has 1 atom stereocenters. The van der Waals surface area contributed by atoms with Crippen molar-refractivity contribution in [1.82, 2.24) is 0 Å². The molecule has 0 amide bonds. The number of benzene rings is 2. The van der Waals surface area contributed by atoms with Gasteiger partial charge in [-0.2, -0.15) is 0 Å². The summed E-state index contributed by atoms with van der Waals surface area (Å²) in [4.78, 5) is 0. The Bertz CT molecular complexity index is 607. The second-order valence-electron chi connectivity index (χ2n) is 5.65. The fourth-order valence-corrected chi connectivity index (χ4v) is 2.61. The Labute approximate surface area is 121 Å². The minimum absolute atomic E-state index is 0.708. The summed E-state index contributed by atoms with van der Waals surface area (Å²) in [6.45, 7) is 7.92. The molecule has 2 heteroatoms. The van der Waals surface area contributed by atoms with Crippen molar-refractivity contribution in [2.75, 3.05) is 7.11 Å². The maximum atomic E-state index is 11.1. The molecule has 0 aliphatic carbocycles. The Morgan fingerprint density at radius 3 is 2.05 bits per heavy atom. The summed E-state index contributed by atoms with van der Waals surface area (Å²) in [5.41, 5.74) is 4.00. The van der Waals surface area contributed by atoms with Gasteiger partial charge in [0.1, 0.15) is 11.4 Å². The van der Waals surface area contributed by atoms with Crippen molar-refractivity contribution in [3.8, 4) is 5.75 Å². The van der Waals surface area contributed by atoms with Crippen LogP contribution >= 0.6 is 0 Å². The maximum Gasteiger partial charge on any atom is 0.125 e. The van der Waals surface area contributed by atoms with E-state index in [9.17, 15) is 5.11 Å². The number of ether oxygens (including phenoxy) is 1. The number of hydrogen-bond donors (Lipinski definition) is 1. The minimum Gasteiger partial charge on any atom is -0.496 e. The molecule has 0 bridgehead atoms. The van der Waals surface area contributed by atoms with Crippen LogP contribution in [0.2, 0.25) is 0 Å². The minimum atomic E-state index is -1.08. The summed E-state index contributed by atoms with van der Waals surface area (Å²) in [5, 5.41) is 11.1. The highest BCUT2D eigenvalue weighted by molar-refractivity contribution is 5.47. The molecule has 0 fully saturated rings. The number of rotatable bonds is 3. The molecule has 0 saturated carbocycles. The third-order valence-corrected chi connectivity index (χ3v) is 3.66. The first-order valence-corrected chi connectivity index (χ1v) is 6.81. The Hall–Kier alpha value is -1.80. The van der Waals surface area contributed by atoms with E-state index in [-0.39, 0.29) is 0 Å². The van der Waals surface area contributed by atoms with Crippen LogP contribution in [0, 0.1) is 20.8 Å². The molecule has 2 aromatic carbocycles. The average molecular weight is 270 g/mol. The zero-order chi connectivity index (χ0) is 14.9. The Morgan fingerprint density at radius 1 is 0.900 bits per heavy atom. The Morgan fingerprint density at radius 2 is 1.50 bits per heavy atom. The van der Waals surface area contributed by atoms with E-state index < -0.39 is 5.60 Å². The Kier molecular flexibility index (Phi) is 3.87. The molecule has 2 aromatic rings. The fourth-order valence-electron chi connectivity index (χ4n) is 2.61. The maximum absolute atomic E-state index is 11.1. The lowest BCUT2D eigenvalue weighted by Crippen LogP contribution is -2.24. The molecule has 2 nitrogen and oxygen atoms in total. The molecule has 1 N–H and O–H groups in total. The second-order valence-corrected chi connectivity index (χ2v) is 5.65. The van der Waals surface area contributed by atoms with Gasteiger partial charge in [-0.05, 0) is 45.4 Å². The highest BCUT2D eigenvalue weighted by atomic mass is 16.5. The molecule has 0 saturated heterocycles. The molecule has 2 rings (SSSR count). The topological polar surface area (TPSA) is 29.5 Å². The number of aliphatic hydroxyl groups is 1. The van der Waals surface area contributed by atoms with Crippen molar-refractivity contribution in [3.63, 3.8) is 0 Å². The normalized spacial score (nSPS) is 13.9. The van der Waals surface area contributed by atoms with Crippen molar-refractivity contribution < 1.29 is 9.84 Å². The van der Waals surface area contributed by atoms with E-state index in [1.54, 1.807) is 7.11 Å². The van der Waals surface area contributed by atoms with Gasteiger partial charge in [-0.1, -0.05) is 41.0 Å². The molecule has 20 heavy (non-hydrogen) atoms. The fraction of sp³-hybridized carbons (Fsp3) is 0.333. The van der Waals surface area contributed by atoms with Gasteiger partial charge < -0.3 is 9.84 Å². The van der Waals surface area contributed by atoms with Gasteiger partial charge in [0, 0.05) is 5.56 Å². The highest BCUT2D eigenvalue weighted by Crippen LogP contribution is 2.36. The van der Waals surface area contributed by atoms with E-state index in [1.807, 2.05) is 58.0 Å². The molecular weight excluding hydrogens is 248 g/mol. The predicted molar refractivity (Wildman–Crippen MR) is 82.3 cm³/mol. The van der Waals surface area contributed by atoms with Crippen molar-refractivity contribution >= 4 is 0 Å². The van der Waals surface area contributed by atoms with Crippen LogP contribution in [0.3, 0.4) is 0 Å². The third kappa shape index (κ3) is 2.70. The molecule has 0 aliphatic heterocycles. The van der Waals surface area contributed by atoms with Gasteiger partial charge in [-0.15, -0.1) is 0 Å². The summed E-state index contributed by atoms with van der Waals surface area (Å²) in [6, 6.07) is 12.0. The van der Waals surface area contributed by atoms with Crippen LogP contribution in [-0.2, 0) is 5.60 Å². The molecule has 0 heterocycles. The zero-order valence-electron chi connectivity index (χ0n) is 12.8. The lowest BCUT2D eigenvalue weighted by atomic mass is 9.85. The van der Waals surface area contributed by atoms with Crippen molar-refractivity contribution in [2.45, 2.75) is 33.3 Å². The van der Waals surface area contributed by atoms with E-state index in [1.165, 1.54) is 0 Å². The summed E-state index contributed by atoms with van der Waals surface area (Å²) in [7, 11) is 1.63. The van der Waals surface area contributed by atoms with E-state index in [2.05, 4.69) is 6.07 Å². The van der Waals surface area contributed by atoms with E-state index in [0.717, 1.165) is 27.8 Å².